The number of fused-ring (bicyclic) bond motifs is 3. The van der Waals surface area contributed by atoms with Crippen molar-refractivity contribution in [2.45, 2.75) is 19.8 Å². The summed E-state index contributed by atoms with van der Waals surface area (Å²) in [5.74, 6) is 1.00. The molecule has 0 atom stereocenters. The summed E-state index contributed by atoms with van der Waals surface area (Å²) in [5.41, 5.74) is 8.08. The first-order valence-electron chi connectivity index (χ1n) is 6.09. The van der Waals surface area contributed by atoms with Crippen molar-refractivity contribution >= 4 is 27.5 Å². The van der Waals surface area contributed by atoms with Gasteiger partial charge in [-0.05, 0) is 29.0 Å². The van der Waals surface area contributed by atoms with Crippen molar-refractivity contribution in [3.63, 3.8) is 0 Å². The quantitative estimate of drug-likeness (QED) is 0.659. The Kier molecular flexibility index (Phi) is 2.40. The van der Waals surface area contributed by atoms with Gasteiger partial charge in [-0.1, -0.05) is 26.0 Å². The average molecular weight is 237 g/mol. The number of nitrogens with zero attached hydrogens (tertiary/aromatic N) is 2. The van der Waals surface area contributed by atoms with Gasteiger partial charge in [0.15, 0.2) is 0 Å². The van der Waals surface area contributed by atoms with E-state index in [0.717, 1.165) is 27.2 Å². The molecule has 3 rings (SSSR count). The molecule has 0 saturated carbocycles. The van der Waals surface area contributed by atoms with Crippen LogP contribution < -0.4 is 5.73 Å². The summed E-state index contributed by atoms with van der Waals surface area (Å²) in [6, 6.07) is 8.31. The largest absolute Gasteiger partial charge is 0.383 e. The second-order valence-electron chi connectivity index (χ2n) is 4.85. The minimum atomic E-state index is 0.381. The van der Waals surface area contributed by atoms with Gasteiger partial charge in [-0.15, -0.1) is 0 Å². The molecule has 0 aliphatic rings. The van der Waals surface area contributed by atoms with Gasteiger partial charge in [0.05, 0.1) is 5.52 Å². The van der Waals surface area contributed by atoms with E-state index in [9.17, 15) is 0 Å². The lowest BCUT2D eigenvalue weighted by molar-refractivity contribution is 0.866. The minimum Gasteiger partial charge on any atom is -0.383 e. The third-order valence-corrected chi connectivity index (χ3v) is 3.29. The molecule has 0 aliphatic heterocycles. The lowest BCUT2D eigenvalue weighted by atomic mass is 10.0. The fourth-order valence-corrected chi connectivity index (χ4v) is 2.29. The third kappa shape index (κ3) is 1.59. The maximum Gasteiger partial charge on any atom is 0.127 e. The second kappa shape index (κ2) is 3.95. The molecule has 0 saturated heterocycles. The first-order chi connectivity index (χ1) is 8.66. The van der Waals surface area contributed by atoms with Crippen molar-refractivity contribution in [1.82, 2.24) is 9.97 Å². The molecule has 18 heavy (non-hydrogen) atoms. The number of nitrogen functional groups attached to an aromatic ring is 1. The van der Waals surface area contributed by atoms with Gasteiger partial charge >= 0.3 is 0 Å². The van der Waals surface area contributed by atoms with Crippen LogP contribution >= 0.6 is 0 Å². The Morgan fingerprint density at radius 1 is 1.11 bits per heavy atom. The van der Waals surface area contributed by atoms with Crippen LogP contribution in [0.2, 0.25) is 0 Å². The van der Waals surface area contributed by atoms with E-state index in [2.05, 4.69) is 42.0 Å². The van der Waals surface area contributed by atoms with Gasteiger partial charge in [0.25, 0.3) is 0 Å². The summed E-state index contributed by atoms with van der Waals surface area (Å²) in [6.45, 7) is 4.25. The molecule has 2 N–H and O–H groups in total. The molecule has 0 amide bonds. The molecule has 0 radical (unpaired) electrons. The van der Waals surface area contributed by atoms with Crippen molar-refractivity contribution < 1.29 is 0 Å². The fraction of sp³-hybridized carbons (Fsp3) is 0.200. The van der Waals surface area contributed by atoms with Crippen molar-refractivity contribution in [3.8, 4) is 0 Å². The molecule has 2 heterocycles. The van der Waals surface area contributed by atoms with Gasteiger partial charge in [0, 0.05) is 23.2 Å². The van der Waals surface area contributed by atoms with E-state index in [0.29, 0.717) is 11.7 Å². The Bertz CT molecular complexity index is 732. The molecule has 0 unspecified atom stereocenters. The highest BCUT2D eigenvalue weighted by Gasteiger charge is 2.09. The van der Waals surface area contributed by atoms with Crippen LogP contribution in [0, 0.1) is 0 Å². The highest BCUT2D eigenvalue weighted by atomic mass is 14.8. The fourth-order valence-electron chi connectivity index (χ4n) is 2.29. The molecule has 2 aromatic heterocycles. The lowest BCUT2D eigenvalue weighted by Crippen LogP contribution is -2.00. The molecule has 0 aliphatic carbocycles. The van der Waals surface area contributed by atoms with Gasteiger partial charge in [-0.25, -0.2) is 4.98 Å². The number of rotatable bonds is 1. The maximum absolute atomic E-state index is 6.05. The zero-order valence-electron chi connectivity index (χ0n) is 10.5. The Morgan fingerprint density at radius 2 is 1.89 bits per heavy atom. The first-order valence-corrected chi connectivity index (χ1v) is 6.09. The van der Waals surface area contributed by atoms with Gasteiger partial charge in [0.2, 0.25) is 0 Å². The lowest BCUT2D eigenvalue weighted by Gasteiger charge is -2.11. The predicted molar refractivity (Wildman–Crippen MR) is 75.5 cm³/mol. The number of hydrogen-bond acceptors (Lipinski definition) is 3. The maximum atomic E-state index is 6.05. The Hall–Kier alpha value is -2.16. The van der Waals surface area contributed by atoms with Crippen molar-refractivity contribution in [1.29, 1.82) is 0 Å². The summed E-state index contributed by atoms with van der Waals surface area (Å²) in [7, 11) is 0. The van der Waals surface area contributed by atoms with Crippen molar-refractivity contribution in [2.75, 3.05) is 5.73 Å². The van der Waals surface area contributed by atoms with Crippen molar-refractivity contribution in [2.24, 2.45) is 0 Å². The van der Waals surface area contributed by atoms with Crippen LogP contribution in [0.1, 0.15) is 25.3 Å². The van der Waals surface area contributed by atoms with E-state index < -0.39 is 0 Å². The molecule has 0 bridgehead atoms. The number of nitrogens with two attached hydrogens (primary N) is 1. The summed E-state index contributed by atoms with van der Waals surface area (Å²) in [4.78, 5) is 8.73. The monoisotopic (exact) mass is 237 g/mol. The van der Waals surface area contributed by atoms with Crippen molar-refractivity contribution in [3.05, 3.63) is 42.2 Å². The molecule has 0 fully saturated rings. The van der Waals surface area contributed by atoms with Crippen LogP contribution in [0.15, 0.2) is 36.7 Å². The number of hydrogen-bond donors (Lipinski definition) is 1. The van der Waals surface area contributed by atoms with E-state index in [-0.39, 0.29) is 0 Å². The van der Waals surface area contributed by atoms with E-state index in [1.807, 2.05) is 12.3 Å². The number of anilines is 1. The Balaban J connectivity index is 2.42. The molecule has 3 aromatic rings. The molecule has 0 spiro atoms. The van der Waals surface area contributed by atoms with Crippen LogP contribution in [0.25, 0.3) is 21.7 Å². The standard InChI is InChI=1S/C15H15N3/c1-9(2)12-7-11-4-3-10-5-6-17-8-13(10)14(11)18-15(12)16/h3-9H,1-2H3,(H2,16,18). The molecular weight excluding hydrogens is 222 g/mol. The van der Waals surface area contributed by atoms with Crippen LogP contribution in [-0.4, -0.2) is 9.97 Å². The zero-order chi connectivity index (χ0) is 12.7. The molecule has 1 aromatic carbocycles. The van der Waals surface area contributed by atoms with E-state index in [4.69, 9.17) is 5.73 Å². The second-order valence-corrected chi connectivity index (χ2v) is 4.85. The van der Waals surface area contributed by atoms with E-state index >= 15 is 0 Å². The topological polar surface area (TPSA) is 51.8 Å². The third-order valence-electron chi connectivity index (χ3n) is 3.29. The summed E-state index contributed by atoms with van der Waals surface area (Å²) < 4.78 is 0. The molecule has 3 nitrogen and oxygen atoms in total. The van der Waals surface area contributed by atoms with Gasteiger partial charge in [-0.3, -0.25) is 4.98 Å². The van der Waals surface area contributed by atoms with Crippen LogP contribution in [0.5, 0.6) is 0 Å². The van der Waals surface area contributed by atoms with Gasteiger partial charge in [-0.2, -0.15) is 0 Å². The smallest absolute Gasteiger partial charge is 0.127 e. The van der Waals surface area contributed by atoms with Gasteiger partial charge in [0.1, 0.15) is 5.82 Å². The normalized spacial score (nSPS) is 11.5. The molecular formula is C15H15N3. The average Bonchev–Trinajstić information content (AvgIpc) is 2.37. The van der Waals surface area contributed by atoms with Gasteiger partial charge < -0.3 is 5.73 Å². The summed E-state index contributed by atoms with van der Waals surface area (Å²) in [6.07, 6.45) is 3.64. The van der Waals surface area contributed by atoms with E-state index in [1.165, 1.54) is 0 Å². The van der Waals surface area contributed by atoms with Crippen LogP contribution in [-0.2, 0) is 0 Å². The number of pyridine rings is 2. The highest BCUT2D eigenvalue weighted by molar-refractivity contribution is 6.05. The SMILES string of the molecule is CC(C)c1cc2ccc3ccncc3c2nc1N. The van der Waals surface area contributed by atoms with E-state index in [1.54, 1.807) is 6.20 Å². The minimum absolute atomic E-state index is 0.381. The van der Waals surface area contributed by atoms with Crippen LogP contribution in [0.3, 0.4) is 0 Å². The zero-order valence-corrected chi connectivity index (χ0v) is 10.5. The molecule has 90 valence electrons. The Labute approximate surface area is 106 Å². The number of aromatic nitrogens is 2. The van der Waals surface area contributed by atoms with Crippen LogP contribution in [0.4, 0.5) is 5.82 Å². The highest BCUT2D eigenvalue weighted by Crippen LogP contribution is 2.28. The summed E-state index contributed by atoms with van der Waals surface area (Å²) in [5, 5.41) is 3.31. The number of benzene rings is 1. The Morgan fingerprint density at radius 3 is 2.67 bits per heavy atom. The summed E-state index contributed by atoms with van der Waals surface area (Å²) >= 11 is 0. The first kappa shape index (κ1) is 11.0. The predicted octanol–water partition coefficient (Wildman–Crippen LogP) is 3.49. The molecule has 3 heteroatoms.